The molecule has 1 aromatic heterocycles. The summed E-state index contributed by atoms with van der Waals surface area (Å²) in [6.45, 7) is 1.97. The molecule has 0 bridgehead atoms. The molecule has 2 aromatic carbocycles. The number of aromatic hydroxyl groups is 1. The van der Waals surface area contributed by atoms with E-state index in [1.807, 2.05) is 6.92 Å². The first-order chi connectivity index (χ1) is 14.9. The fourth-order valence-corrected chi connectivity index (χ4v) is 4.63. The summed E-state index contributed by atoms with van der Waals surface area (Å²) in [5, 5.41) is 10.5. The van der Waals surface area contributed by atoms with Crippen LogP contribution in [0.1, 0.15) is 25.6 Å². The number of para-hydroxylation sites is 1. The monoisotopic (exact) mass is 444 g/mol. The van der Waals surface area contributed by atoms with Gasteiger partial charge in [-0.3, -0.25) is 9.36 Å². The van der Waals surface area contributed by atoms with Crippen LogP contribution in [-0.4, -0.2) is 37.3 Å². The van der Waals surface area contributed by atoms with Gasteiger partial charge in [-0.1, -0.05) is 37.6 Å². The van der Waals surface area contributed by atoms with Gasteiger partial charge in [0, 0.05) is 6.42 Å². The standard InChI is InChI=1S/C22H24N2O6S/c1-4-5-14-18-23-21(25)20(31(27,28)15-10-7-6-8-11-15)22(26)24(18)19-16(29-2)12-9-13-17(19)30-3/h6-13,25H,4-5,14H2,1-3H3. The van der Waals surface area contributed by atoms with E-state index in [2.05, 4.69) is 4.98 Å². The lowest BCUT2D eigenvalue weighted by Crippen LogP contribution is -2.29. The van der Waals surface area contributed by atoms with Crippen LogP contribution in [0.15, 0.2) is 63.1 Å². The van der Waals surface area contributed by atoms with E-state index in [9.17, 15) is 18.3 Å². The van der Waals surface area contributed by atoms with Gasteiger partial charge in [-0.15, -0.1) is 0 Å². The highest BCUT2D eigenvalue weighted by molar-refractivity contribution is 7.91. The SMILES string of the molecule is CCCCc1nc(O)c(S(=O)(=O)c2ccccc2)c(=O)n1-c1c(OC)cccc1OC. The number of benzene rings is 2. The lowest BCUT2D eigenvalue weighted by molar-refractivity contribution is 0.386. The largest absolute Gasteiger partial charge is 0.494 e. The second-order valence-electron chi connectivity index (χ2n) is 6.75. The summed E-state index contributed by atoms with van der Waals surface area (Å²) in [7, 11) is -1.46. The Kier molecular flexibility index (Phi) is 6.65. The number of hydrogen-bond acceptors (Lipinski definition) is 7. The summed E-state index contributed by atoms with van der Waals surface area (Å²) in [5.41, 5.74) is -0.703. The number of unbranched alkanes of at least 4 members (excludes halogenated alkanes) is 1. The average molecular weight is 445 g/mol. The molecule has 0 amide bonds. The minimum absolute atomic E-state index is 0.121. The molecule has 0 aliphatic rings. The molecule has 1 N–H and O–H groups in total. The summed E-state index contributed by atoms with van der Waals surface area (Å²) in [5.74, 6) is -0.0197. The fourth-order valence-electron chi connectivity index (χ4n) is 3.28. The van der Waals surface area contributed by atoms with Crippen molar-refractivity contribution in [1.29, 1.82) is 0 Å². The van der Waals surface area contributed by atoms with E-state index in [0.29, 0.717) is 24.3 Å². The molecule has 164 valence electrons. The second-order valence-corrected chi connectivity index (χ2v) is 8.64. The minimum atomic E-state index is -4.33. The predicted molar refractivity (Wildman–Crippen MR) is 115 cm³/mol. The molecule has 0 aliphatic carbocycles. The molecule has 0 saturated carbocycles. The Morgan fingerprint density at radius 2 is 1.61 bits per heavy atom. The van der Waals surface area contributed by atoms with Crippen LogP contribution in [0.5, 0.6) is 17.4 Å². The number of nitrogens with zero attached hydrogens (tertiary/aromatic N) is 2. The molecular weight excluding hydrogens is 420 g/mol. The summed E-state index contributed by atoms with van der Waals surface area (Å²) in [6, 6.07) is 12.4. The molecule has 1 heterocycles. The Balaban J connectivity index is 2.42. The molecule has 8 nitrogen and oxygen atoms in total. The van der Waals surface area contributed by atoms with E-state index >= 15 is 0 Å². The Labute approximate surface area is 180 Å². The molecule has 0 aliphatic heterocycles. The lowest BCUT2D eigenvalue weighted by Gasteiger charge is -2.19. The zero-order chi connectivity index (χ0) is 22.6. The highest BCUT2D eigenvalue weighted by Crippen LogP contribution is 2.34. The molecule has 0 saturated heterocycles. The number of hydrogen-bond donors (Lipinski definition) is 1. The van der Waals surface area contributed by atoms with E-state index < -0.39 is 26.2 Å². The summed E-state index contributed by atoms with van der Waals surface area (Å²) in [6.07, 6.45) is 1.82. The number of ether oxygens (including phenoxy) is 2. The van der Waals surface area contributed by atoms with E-state index in [-0.39, 0.29) is 16.4 Å². The fraction of sp³-hybridized carbons (Fsp3) is 0.273. The van der Waals surface area contributed by atoms with Gasteiger partial charge < -0.3 is 14.6 Å². The van der Waals surface area contributed by atoms with Crippen LogP contribution in [0.25, 0.3) is 5.69 Å². The van der Waals surface area contributed by atoms with Crippen molar-refractivity contribution < 1.29 is 23.0 Å². The number of rotatable bonds is 8. The predicted octanol–water partition coefficient (Wildman–Crippen LogP) is 3.13. The zero-order valence-electron chi connectivity index (χ0n) is 17.5. The van der Waals surface area contributed by atoms with Crippen LogP contribution in [0.4, 0.5) is 0 Å². The Morgan fingerprint density at radius 3 is 2.16 bits per heavy atom. The first-order valence-corrected chi connectivity index (χ1v) is 11.2. The highest BCUT2D eigenvalue weighted by atomic mass is 32.2. The minimum Gasteiger partial charge on any atom is -0.494 e. The second kappa shape index (κ2) is 9.22. The molecule has 3 aromatic rings. The molecule has 0 unspecified atom stereocenters. The van der Waals surface area contributed by atoms with Gasteiger partial charge in [0.15, 0.2) is 4.90 Å². The quantitative estimate of drug-likeness (QED) is 0.569. The van der Waals surface area contributed by atoms with E-state index in [4.69, 9.17) is 9.47 Å². The van der Waals surface area contributed by atoms with Crippen LogP contribution >= 0.6 is 0 Å². The van der Waals surface area contributed by atoms with Gasteiger partial charge in [0.25, 0.3) is 5.56 Å². The summed E-state index contributed by atoms with van der Waals surface area (Å²) >= 11 is 0. The average Bonchev–Trinajstić information content (AvgIpc) is 2.77. The number of aryl methyl sites for hydroxylation is 1. The molecular formula is C22H24N2O6S. The van der Waals surface area contributed by atoms with Gasteiger partial charge in [0.2, 0.25) is 15.7 Å². The van der Waals surface area contributed by atoms with Crippen molar-refractivity contribution in [2.75, 3.05) is 14.2 Å². The molecule has 3 rings (SSSR count). The molecule has 0 atom stereocenters. The van der Waals surface area contributed by atoms with Gasteiger partial charge in [-0.05, 0) is 30.7 Å². The first kappa shape index (κ1) is 22.4. The molecule has 31 heavy (non-hydrogen) atoms. The number of methoxy groups -OCH3 is 2. The van der Waals surface area contributed by atoms with Gasteiger partial charge >= 0.3 is 0 Å². The maximum absolute atomic E-state index is 13.6. The zero-order valence-corrected chi connectivity index (χ0v) is 18.3. The van der Waals surface area contributed by atoms with Crippen LogP contribution in [0.2, 0.25) is 0 Å². The van der Waals surface area contributed by atoms with E-state index in [1.165, 1.54) is 38.5 Å². The van der Waals surface area contributed by atoms with Gasteiger partial charge in [-0.2, -0.15) is 4.98 Å². The maximum Gasteiger partial charge on any atom is 0.281 e. The summed E-state index contributed by atoms with van der Waals surface area (Å²) in [4.78, 5) is 16.8. The summed E-state index contributed by atoms with van der Waals surface area (Å²) < 4.78 is 38.4. The van der Waals surface area contributed by atoms with Crippen molar-refractivity contribution in [1.82, 2.24) is 9.55 Å². The van der Waals surface area contributed by atoms with Crippen molar-refractivity contribution in [3.05, 3.63) is 64.7 Å². The third-order valence-corrected chi connectivity index (χ3v) is 6.58. The number of sulfone groups is 1. The van der Waals surface area contributed by atoms with Crippen molar-refractivity contribution in [2.24, 2.45) is 0 Å². The van der Waals surface area contributed by atoms with Crippen molar-refractivity contribution >= 4 is 9.84 Å². The van der Waals surface area contributed by atoms with Crippen molar-refractivity contribution in [3.63, 3.8) is 0 Å². The Morgan fingerprint density at radius 1 is 1.00 bits per heavy atom. The van der Waals surface area contributed by atoms with Crippen LogP contribution in [-0.2, 0) is 16.3 Å². The number of aromatic nitrogens is 2. The normalized spacial score (nSPS) is 11.3. The topological polar surface area (TPSA) is 108 Å². The van der Waals surface area contributed by atoms with Gasteiger partial charge in [0.05, 0.1) is 19.1 Å². The van der Waals surface area contributed by atoms with Gasteiger partial charge in [-0.25, -0.2) is 8.42 Å². The smallest absolute Gasteiger partial charge is 0.281 e. The third kappa shape index (κ3) is 4.13. The maximum atomic E-state index is 13.6. The van der Waals surface area contributed by atoms with E-state index in [1.54, 1.807) is 24.3 Å². The molecule has 9 heteroatoms. The molecule has 0 radical (unpaired) electrons. The van der Waals surface area contributed by atoms with Crippen molar-refractivity contribution in [3.8, 4) is 23.1 Å². The Hall–Kier alpha value is -3.33. The van der Waals surface area contributed by atoms with Crippen molar-refractivity contribution in [2.45, 2.75) is 36.0 Å². The third-order valence-electron chi connectivity index (χ3n) is 4.80. The van der Waals surface area contributed by atoms with Crippen LogP contribution in [0.3, 0.4) is 0 Å². The van der Waals surface area contributed by atoms with Crippen LogP contribution in [0, 0.1) is 0 Å². The van der Waals surface area contributed by atoms with Gasteiger partial charge in [0.1, 0.15) is 23.0 Å². The highest BCUT2D eigenvalue weighted by Gasteiger charge is 2.31. The first-order valence-electron chi connectivity index (χ1n) is 9.73. The van der Waals surface area contributed by atoms with E-state index in [0.717, 1.165) is 11.0 Å². The molecule has 0 spiro atoms. The molecule has 0 fully saturated rings. The van der Waals surface area contributed by atoms with Crippen LogP contribution < -0.4 is 15.0 Å². The Bertz CT molecular complexity index is 1210. The lowest BCUT2D eigenvalue weighted by atomic mass is 10.2.